The van der Waals surface area contributed by atoms with Gasteiger partial charge in [0.15, 0.2) is 5.82 Å². The fourth-order valence-corrected chi connectivity index (χ4v) is 4.15. The third-order valence-electron chi connectivity index (χ3n) is 5.63. The van der Waals surface area contributed by atoms with E-state index in [0.717, 1.165) is 41.3 Å². The van der Waals surface area contributed by atoms with Crippen LogP contribution in [0.4, 0.5) is 17.3 Å². The number of aromatic nitrogens is 2. The van der Waals surface area contributed by atoms with Crippen LogP contribution >= 0.6 is 0 Å². The predicted molar refractivity (Wildman–Crippen MR) is 127 cm³/mol. The van der Waals surface area contributed by atoms with E-state index in [-0.39, 0.29) is 0 Å². The number of hydrogen-bond donors (Lipinski definition) is 2. The second-order valence-electron chi connectivity index (χ2n) is 7.87. The molecule has 0 saturated carbocycles. The molecule has 0 aliphatic carbocycles. The number of nitrogens with two attached hydrogens (primary N) is 1. The van der Waals surface area contributed by atoms with E-state index < -0.39 is 5.66 Å². The van der Waals surface area contributed by atoms with Crippen LogP contribution in [0.1, 0.15) is 31.5 Å². The third-order valence-corrected chi connectivity index (χ3v) is 5.63. The summed E-state index contributed by atoms with van der Waals surface area (Å²) >= 11 is 0. The number of hydrogen-bond acceptors (Lipinski definition) is 7. The van der Waals surface area contributed by atoms with Gasteiger partial charge in [-0.15, -0.1) is 0 Å². The van der Waals surface area contributed by atoms with E-state index in [0.29, 0.717) is 23.9 Å². The molecule has 0 radical (unpaired) electrons. The van der Waals surface area contributed by atoms with Crippen LogP contribution in [-0.4, -0.2) is 28.7 Å². The molecule has 2 aromatic heterocycles. The lowest BCUT2D eigenvalue weighted by molar-refractivity contribution is 0.438. The standard InChI is InChI=1S/C24H28N6O/c1-6-21(31-7-2)18-10-12-26-22(14-18)27-17(5)30-23-20(9-8-19(28-23)16(3)4)29-13-11-24(30,25)15-29/h6-10,12,14H,2-3,5,11,13,15,25H2,1,4H3,(H,26,27)/b21-6-/t24-/m0/s1. The van der Waals surface area contributed by atoms with Gasteiger partial charge in [0, 0.05) is 24.7 Å². The minimum Gasteiger partial charge on any atom is -0.465 e. The number of nitrogens with zero attached hydrogens (tertiary/aromatic N) is 4. The Bertz CT molecular complexity index is 1090. The average Bonchev–Trinajstić information content (AvgIpc) is 3.09. The van der Waals surface area contributed by atoms with Crippen molar-refractivity contribution in [2.75, 3.05) is 28.2 Å². The van der Waals surface area contributed by atoms with Gasteiger partial charge in [-0.05, 0) is 49.8 Å². The van der Waals surface area contributed by atoms with E-state index in [9.17, 15) is 0 Å². The third kappa shape index (κ3) is 3.68. The van der Waals surface area contributed by atoms with Crippen molar-refractivity contribution < 1.29 is 4.74 Å². The molecule has 1 saturated heterocycles. The summed E-state index contributed by atoms with van der Waals surface area (Å²) in [5.74, 6) is 2.73. The zero-order valence-electron chi connectivity index (χ0n) is 18.1. The van der Waals surface area contributed by atoms with Crippen molar-refractivity contribution in [3.05, 3.63) is 79.6 Å². The zero-order chi connectivity index (χ0) is 22.2. The second kappa shape index (κ2) is 7.92. The largest absolute Gasteiger partial charge is 0.465 e. The summed E-state index contributed by atoms with van der Waals surface area (Å²) in [6.07, 6.45) is 5.80. The Hall–Kier alpha value is -3.58. The van der Waals surface area contributed by atoms with Gasteiger partial charge in [0.2, 0.25) is 0 Å². The summed E-state index contributed by atoms with van der Waals surface area (Å²) < 4.78 is 5.48. The average molecular weight is 417 g/mol. The van der Waals surface area contributed by atoms with Crippen LogP contribution in [0.3, 0.4) is 0 Å². The monoisotopic (exact) mass is 416 g/mol. The molecule has 2 aliphatic heterocycles. The smallest absolute Gasteiger partial charge is 0.160 e. The molecule has 160 valence electrons. The lowest BCUT2D eigenvalue weighted by Gasteiger charge is -2.44. The van der Waals surface area contributed by atoms with Crippen LogP contribution < -0.4 is 20.9 Å². The number of anilines is 3. The van der Waals surface area contributed by atoms with E-state index in [1.165, 1.54) is 6.26 Å². The molecule has 0 amide bonds. The molecule has 0 spiro atoms. The summed E-state index contributed by atoms with van der Waals surface area (Å²) in [4.78, 5) is 13.6. The summed E-state index contributed by atoms with van der Waals surface area (Å²) in [7, 11) is 0. The highest BCUT2D eigenvalue weighted by molar-refractivity contribution is 5.78. The van der Waals surface area contributed by atoms with Crippen LogP contribution in [0.15, 0.2) is 68.4 Å². The summed E-state index contributed by atoms with van der Waals surface area (Å²) in [5.41, 5.74) is 9.90. The number of fused-ring (bicyclic) bond motifs is 4. The topological polar surface area (TPSA) is 79.5 Å². The Morgan fingerprint density at radius 1 is 1.32 bits per heavy atom. The van der Waals surface area contributed by atoms with Crippen LogP contribution in [-0.2, 0) is 4.74 Å². The van der Waals surface area contributed by atoms with Crippen molar-refractivity contribution >= 4 is 28.7 Å². The SMILES string of the molecule is C=CO/C(=C\C)c1ccnc(NC(=C)N2c3nc(C(=C)C)ccc3N3CC[C@@]2(N)C3)c1. The van der Waals surface area contributed by atoms with Gasteiger partial charge in [0.25, 0.3) is 0 Å². The number of nitrogens with one attached hydrogen (secondary N) is 1. The first kappa shape index (κ1) is 20.7. The zero-order valence-corrected chi connectivity index (χ0v) is 18.1. The molecule has 3 N–H and O–H groups in total. The number of ether oxygens (including phenoxy) is 1. The Labute approximate surface area is 183 Å². The number of pyridine rings is 2. The first-order valence-electron chi connectivity index (χ1n) is 10.2. The second-order valence-corrected chi connectivity index (χ2v) is 7.87. The Kier molecular flexibility index (Phi) is 5.29. The van der Waals surface area contributed by atoms with Crippen molar-refractivity contribution in [2.24, 2.45) is 5.73 Å². The fraction of sp³-hybridized carbons (Fsp3) is 0.250. The van der Waals surface area contributed by atoms with E-state index in [1.54, 1.807) is 6.20 Å². The summed E-state index contributed by atoms with van der Waals surface area (Å²) in [6, 6.07) is 7.86. The summed E-state index contributed by atoms with van der Waals surface area (Å²) in [6.45, 7) is 17.4. The molecule has 2 aliphatic rings. The maximum absolute atomic E-state index is 6.84. The molecule has 7 nitrogen and oxygen atoms in total. The van der Waals surface area contributed by atoms with Gasteiger partial charge in [-0.25, -0.2) is 9.97 Å². The van der Waals surface area contributed by atoms with Gasteiger partial charge >= 0.3 is 0 Å². The van der Waals surface area contributed by atoms with Crippen LogP contribution in [0.2, 0.25) is 0 Å². The molecule has 2 bridgehead atoms. The van der Waals surface area contributed by atoms with Gasteiger partial charge in [0.05, 0.1) is 24.2 Å². The molecule has 4 heterocycles. The van der Waals surface area contributed by atoms with Gasteiger partial charge in [-0.2, -0.15) is 0 Å². The van der Waals surface area contributed by atoms with Crippen molar-refractivity contribution in [3.63, 3.8) is 0 Å². The normalized spacial score (nSPS) is 19.6. The van der Waals surface area contributed by atoms with Crippen molar-refractivity contribution in [2.45, 2.75) is 25.9 Å². The molecule has 0 aromatic carbocycles. The molecule has 4 rings (SSSR count). The quantitative estimate of drug-likeness (QED) is 0.652. The predicted octanol–water partition coefficient (Wildman–Crippen LogP) is 4.30. The van der Waals surface area contributed by atoms with E-state index >= 15 is 0 Å². The Balaban J connectivity index is 1.68. The Morgan fingerprint density at radius 2 is 2.13 bits per heavy atom. The maximum Gasteiger partial charge on any atom is 0.160 e. The maximum atomic E-state index is 6.84. The fourth-order valence-electron chi connectivity index (χ4n) is 4.15. The minimum absolute atomic E-state index is 0.601. The van der Waals surface area contributed by atoms with Crippen LogP contribution in [0, 0.1) is 0 Å². The highest BCUT2D eigenvalue weighted by Gasteiger charge is 2.47. The first-order valence-corrected chi connectivity index (χ1v) is 10.2. The van der Waals surface area contributed by atoms with E-state index in [4.69, 9.17) is 15.5 Å². The van der Waals surface area contributed by atoms with Crippen LogP contribution in [0.25, 0.3) is 11.3 Å². The van der Waals surface area contributed by atoms with Crippen molar-refractivity contribution in [1.82, 2.24) is 9.97 Å². The highest BCUT2D eigenvalue weighted by atomic mass is 16.5. The highest BCUT2D eigenvalue weighted by Crippen LogP contribution is 2.44. The van der Waals surface area contributed by atoms with Gasteiger partial charge in [0.1, 0.15) is 23.1 Å². The van der Waals surface area contributed by atoms with Crippen molar-refractivity contribution in [3.8, 4) is 0 Å². The lowest BCUT2D eigenvalue weighted by Crippen LogP contribution is -2.61. The molecule has 31 heavy (non-hydrogen) atoms. The first-order chi connectivity index (χ1) is 14.9. The number of rotatable bonds is 7. The minimum atomic E-state index is -0.601. The molecular formula is C24H28N6O. The van der Waals surface area contributed by atoms with Crippen LogP contribution in [0.5, 0.6) is 0 Å². The molecule has 0 unspecified atom stereocenters. The number of allylic oxidation sites excluding steroid dienone is 2. The van der Waals surface area contributed by atoms with Crippen molar-refractivity contribution in [1.29, 1.82) is 0 Å². The lowest BCUT2D eigenvalue weighted by atomic mass is 10.1. The molecule has 2 aromatic rings. The molecule has 7 heteroatoms. The van der Waals surface area contributed by atoms with Gasteiger partial charge < -0.3 is 20.7 Å². The van der Waals surface area contributed by atoms with Gasteiger partial charge in [-0.3, -0.25) is 4.90 Å². The summed E-state index contributed by atoms with van der Waals surface area (Å²) in [5, 5.41) is 3.32. The van der Waals surface area contributed by atoms with E-state index in [2.05, 4.69) is 41.0 Å². The molecule has 1 fully saturated rings. The Morgan fingerprint density at radius 3 is 2.84 bits per heavy atom. The van der Waals surface area contributed by atoms with Gasteiger partial charge in [-0.1, -0.05) is 19.7 Å². The molecular weight excluding hydrogens is 388 g/mol. The molecule has 1 atom stereocenters. The van der Waals surface area contributed by atoms with E-state index in [1.807, 2.05) is 43.0 Å².